The average Bonchev–Trinajstić information content (AvgIpc) is 3.07. The van der Waals surface area contributed by atoms with Crippen LogP contribution in [0.4, 0.5) is 4.79 Å². The predicted octanol–water partition coefficient (Wildman–Crippen LogP) is 4.93. The van der Waals surface area contributed by atoms with Crippen LogP contribution in [0.5, 0.6) is 5.88 Å². The summed E-state index contributed by atoms with van der Waals surface area (Å²) in [5, 5.41) is 6.57. The topological polar surface area (TPSA) is 78.7 Å². The molecule has 2 aromatic heterocycles. The molecule has 31 heavy (non-hydrogen) atoms. The lowest BCUT2D eigenvalue weighted by atomic mass is 10.1. The van der Waals surface area contributed by atoms with Crippen molar-refractivity contribution < 1.29 is 19.1 Å². The van der Waals surface area contributed by atoms with Crippen molar-refractivity contribution >= 4 is 28.6 Å². The Morgan fingerprint density at radius 1 is 1.23 bits per heavy atom. The van der Waals surface area contributed by atoms with Crippen LogP contribution in [-0.4, -0.2) is 44.7 Å². The highest BCUT2D eigenvalue weighted by molar-refractivity contribution is 6.30. The molecule has 0 aliphatic carbocycles. The fourth-order valence-electron chi connectivity index (χ4n) is 3.00. The van der Waals surface area contributed by atoms with Crippen LogP contribution in [-0.2, 0) is 16.6 Å². The number of fused-ring (bicyclic) bond motifs is 1. The van der Waals surface area contributed by atoms with Crippen LogP contribution in [0, 0.1) is 0 Å². The lowest BCUT2D eigenvalue weighted by Gasteiger charge is -2.30. The maximum atomic E-state index is 12.8. The van der Waals surface area contributed by atoms with Crippen molar-refractivity contribution in [3.63, 3.8) is 0 Å². The number of aryl methyl sites for hydroxylation is 1. The van der Waals surface area contributed by atoms with Gasteiger partial charge in [0.05, 0.1) is 12.2 Å². The highest BCUT2D eigenvalue weighted by Gasteiger charge is 2.28. The number of nitrogens with zero attached hydrogens (tertiary/aromatic N) is 4. The van der Waals surface area contributed by atoms with Crippen molar-refractivity contribution in [2.24, 2.45) is 7.05 Å². The van der Waals surface area contributed by atoms with E-state index in [9.17, 15) is 4.79 Å². The molecule has 3 aromatic rings. The van der Waals surface area contributed by atoms with Gasteiger partial charge in [-0.05, 0) is 39.3 Å². The van der Waals surface area contributed by atoms with Crippen LogP contribution in [0.15, 0.2) is 42.6 Å². The minimum atomic E-state index is -0.651. The Morgan fingerprint density at radius 3 is 2.61 bits per heavy atom. The number of aromatic nitrogens is 3. The van der Waals surface area contributed by atoms with Crippen molar-refractivity contribution in [1.29, 1.82) is 0 Å². The van der Waals surface area contributed by atoms with Crippen molar-refractivity contribution in [1.82, 2.24) is 19.8 Å². The summed E-state index contributed by atoms with van der Waals surface area (Å²) in [5.74, 6) is 0.353. The van der Waals surface area contributed by atoms with Gasteiger partial charge in [-0.3, -0.25) is 9.52 Å². The Kier molecular flexibility index (Phi) is 7.02. The Morgan fingerprint density at radius 2 is 1.94 bits per heavy atom. The third-order valence-corrected chi connectivity index (χ3v) is 4.61. The second kappa shape index (κ2) is 9.53. The molecule has 0 saturated heterocycles. The van der Waals surface area contributed by atoms with Gasteiger partial charge in [-0.15, -0.1) is 0 Å². The van der Waals surface area contributed by atoms with E-state index in [4.69, 9.17) is 25.9 Å². The van der Waals surface area contributed by atoms with Gasteiger partial charge in [0.25, 0.3) is 0 Å². The molecule has 0 N–H and O–H groups in total. The second-order valence-corrected chi connectivity index (χ2v) is 8.42. The molecular formula is C22H27ClN4O4. The van der Waals surface area contributed by atoms with Gasteiger partial charge < -0.3 is 9.47 Å². The normalized spacial score (nSPS) is 12.6. The number of hydrogen-bond donors (Lipinski definition) is 0. The van der Waals surface area contributed by atoms with Crippen molar-refractivity contribution in [2.45, 2.75) is 39.3 Å². The van der Waals surface area contributed by atoms with Gasteiger partial charge >= 0.3 is 6.09 Å². The van der Waals surface area contributed by atoms with Crippen molar-refractivity contribution in [2.75, 3.05) is 13.2 Å². The molecule has 166 valence electrons. The summed E-state index contributed by atoms with van der Waals surface area (Å²) in [6, 6.07) is 11.0. The number of benzene rings is 1. The van der Waals surface area contributed by atoms with Crippen LogP contribution in [0.3, 0.4) is 0 Å². The number of ether oxygens (including phenoxy) is 2. The van der Waals surface area contributed by atoms with Crippen LogP contribution in [0.1, 0.15) is 39.3 Å². The number of hydroxylamine groups is 2. The number of carbonyl (C=O) groups is 1. The standard InChI is InChI=1S/C22H27ClN4O4/c1-15(16-9-7-6-8-10-16)27(21(28)31-22(2,3)4)30-12-11-29-20-19-17(13-18(23)25-20)14-24-26(19)5/h6-10,13-15H,11-12H2,1-5H3. The van der Waals surface area contributed by atoms with E-state index in [2.05, 4.69) is 10.1 Å². The molecule has 1 aromatic carbocycles. The van der Waals surface area contributed by atoms with Gasteiger partial charge in [0, 0.05) is 12.4 Å². The summed E-state index contributed by atoms with van der Waals surface area (Å²) in [6.45, 7) is 7.55. The van der Waals surface area contributed by atoms with E-state index in [1.807, 2.05) is 58.0 Å². The number of carbonyl (C=O) groups excluding carboxylic acids is 1. The summed E-state index contributed by atoms with van der Waals surface area (Å²) in [6.07, 6.45) is 1.12. The number of halogens is 1. The Balaban J connectivity index is 1.69. The molecule has 1 unspecified atom stereocenters. The molecule has 3 rings (SSSR count). The lowest BCUT2D eigenvalue weighted by molar-refractivity contribution is -0.173. The molecule has 0 radical (unpaired) electrons. The first kappa shape index (κ1) is 22.8. The Hall–Kier alpha value is -2.84. The van der Waals surface area contributed by atoms with Gasteiger partial charge in [-0.25, -0.2) is 4.79 Å². The molecule has 1 amide bonds. The van der Waals surface area contributed by atoms with Gasteiger partial charge in [0.1, 0.15) is 29.5 Å². The summed E-state index contributed by atoms with van der Waals surface area (Å²) in [7, 11) is 1.80. The summed E-state index contributed by atoms with van der Waals surface area (Å²) < 4.78 is 13.0. The third-order valence-electron chi connectivity index (χ3n) is 4.41. The SMILES string of the molecule is CC(c1ccccc1)N(OCCOc1nc(Cl)cc2cnn(C)c12)C(=O)OC(C)(C)C. The van der Waals surface area contributed by atoms with Crippen LogP contribution < -0.4 is 4.74 Å². The fourth-order valence-corrected chi connectivity index (χ4v) is 3.20. The molecule has 0 aliphatic heterocycles. The molecule has 1 atom stereocenters. The van der Waals surface area contributed by atoms with E-state index in [1.54, 1.807) is 24.0 Å². The van der Waals surface area contributed by atoms with Crippen molar-refractivity contribution in [3.8, 4) is 5.88 Å². The lowest BCUT2D eigenvalue weighted by Crippen LogP contribution is -2.39. The largest absolute Gasteiger partial charge is 0.474 e. The maximum absolute atomic E-state index is 12.8. The molecule has 0 fully saturated rings. The highest BCUT2D eigenvalue weighted by Crippen LogP contribution is 2.26. The summed E-state index contributed by atoms with van der Waals surface area (Å²) >= 11 is 6.08. The van der Waals surface area contributed by atoms with E-state index in [0.29, 0.717) is 11.0 Å². The number of hydrogen-bond acceptors (Lipinski definition) is 6. The number of pyridine rings is 1. The first-order chi connectivity index (χ1) is 14.7. The minimum Gasteiger partial charge on any atom is -0.474 e. The molecule has 0 spiro atoms. The molecule has 0 saturated carbocycles. The molecule has 0 aliphatic rings. The first-order valence-electron chi connectivity index (χ1n) is 9.97. The van der Waals surface area contributed by atoms with Crippen molar-refractivity contribution in [3.05, 3.63) is 53.3 Å². The molecule has 2 heterocycles. The Labute approximate surface area is 186 Å². The zero-order valence-corrected chi connectivity index (χ0v) is 19.1. The van der Waals surface area contributed by atoms with Crippen LogP contribution >= 0.6 is 11.6 Å². The van der Waals surface area contributed by atoms with Gasteiger partial charge in [0.15, 0.2) is 0 Å². The zero-order valence-electron chi connectivity index (χ0n) is 18.3. The van der Waals surface area contributed by atoms with Gasteiger partial charge in [0.2, 0.25) is 5.88 Å². The average molecular weight is 447 g/mol. The van der Waals surface area contributed by atoms with E-state index in [0.717, 1.165) is 16.5 Å². The van der Waals surface area contributed by atoms with Gasteiger partial charge in [-0.1, -0.05) is 41.9 Å². The van der Waals surface area contributed by atoms with Crippen LogP contribution in [0.2, 0.25) is 5.15 Å². The summed E-state index contributed by atoms with van der Waals surface area (Å²) in [4.78, 5) is 22.8. The monoisotopic (exact) mass is 446 g/mol. The number of rotatable bonds is 7. The van der Waals surface area contributed by atoms with Crippen LogP contribution in [0.25, 0.3) is 10.9 Å². The minimum absolute atomic E-state index is 0.101. The highest BCUT2D eigenvalue weighted by atomic mass is 35.5. The molecule has 0 bridgehead atoms. The molecule has 9 heteroatoms. The van der Waals surface area contributed by atoms with E-state index in [1.165, 1.54) is 5.06 Å². The summed E-state index contributed by atoms with van der Waals surface area (Å²) in [5.41, 5.74) is 0.995. The van der Waals surface area contributed by atoms with E-state index >= 15 is 0 Å². The quantitative estimate of drug-likeness (QED) is 0.291. The zero-order chi connectivity index (χ0) is 22.6. The predicted molar refractivity (Wildman–Crippen MR) is 118 cm³/mol. The number of amides is 1. The molecule has 8 nitrogen and oxygen atoms in total. The fraction of sp³-hybridized carbons (Fsp3) is 0.409. The maximum Gasteiger partial charge on any atom is 0.435 e. The van der Waals surface area contributed by atoms with E-state index < -0.39 is 11.7 Å². The molecular weight excluding hydrogens is 420 g/mol. The van der Waals surface area contributed by atoms with E-state index in [-0.39, 0.29) is 19.3 Å². The Bertz CT molecular complexity index is 1030. The first-order valence-corrected chi connectivity index (χ1v) is 10.3. The second-order valence-electron chi connectivity index (χ2n) is 8.03. The van der Waals surface area contributed by atoms with Gasteiger partial charge in [-0.2, -0.15) is 15.1 Å². The third kappa shape index (κ3) is 5.86. The smallest absolute Gasteiger partial charge is 0.435 e.